The summed E-state index contributed by atoms with van der Waals surface area (Å²) in [7, 11) is 0. The molecule has 4 nitrogen and oxygen atoms in total. The molecule has 0 saturated carbocycles. The van der Waals surface area contributed by atoms with Gasteiger partial charge in [-0.05, 0) is 24.8 Å². The maximum absolute atomic E-state index is 12.1. The fourth-order valence-electron chi connectivity index (χ4n) is 3.15. The van der Waals surface area contributed by atoms with Crippen molar-refractivity contribution in [3.63, 3.8) is 0 Å². The van der Waals surface area contributed by atoms with Gasteiger partial charge in [0.15, 0.2) is 0 Å². The summed E-state index contributed by atoms with van der Waals surface area (Å²) in [5.41, 5.74) is 1.37. The molecule has 1 aliphatic rings. The zero-order valence-electron chi connectivity index (χ0n) is 14.2. The minimum absolute atomic E-state index is 0.119. The largest absolute Gasteiger partial charge is 0.380 e. The molecular formula is C19H27NO3. The van der Waals surface area contributed by atoms with Crippen LogP contribution in [-0.4, -0.2) is 42.9 Å². The van der Waals surface area contributed by atoms with Crippen LogP contribution in [0, 0.1) is 5.92 Å². The number of ether oxygens (including phenoxy) is 1. The number of rotatable bonds is 9. The molecule has 4 heteroatoms. The summed E-state index contributed by atoms with van der Waals surface area (Å²) in [6.45, 7) is 6.27. The normalized spacial score (nSPS) is 16.0. The molecule has 1 fully saturated rings. The van der Waals surface area contributed by atoms with Crippen molar-refractivity contribution < 1.29 is 14.3 Å². The van der Waals surface area contributed by atoms with E-state index in [0.717, 1.165) is 19.5 Å². The number of carbonyl (C=O) groups excluding carboxylic acids is 2. The summed E-state index contributed by atoms with van der Waals surface area (Å²) in [6.07, 6.45) is 1.94. The van der Waals surface area contributed by atoms with Gasteiger partial charge in [-0.15, -0.1) is 0 Å². The van der Waals surface area contributed by atoms with Crippen LogP contribution < -0.4 is 0 Å². The van der Waals surface area contributed by atoms with Crippen molar-refractivity contribution in [2.75, 3.05) is 26.3 Å². The smallest absolute Gasteiger partial charge is 0.224 e. The molecule has 0 aromatic heterocycles. The monoisotopic (exact) mass is 317 g/mol. The minimum atomic E-state index is 0.119. The van der Waals surface area contributed by atoms with Gasteiger partial charge < -0.3 is 9.64 Å². The van der Waals surface area contributed by atoms with Crippen LogP contribution in [0.15, 0.2) is 30.3 Å². The molecule has 1 unspecified atom stereocenters. The third kappa shape index (κ3) is 5.17. The average Bonchev–Trinajstić information content (AvgIpc) is 2.50. The highest BCUT2D eigenvalue weighted by Crippen LogP contribution is 2.34. The Kier molecular flexibility index (Phi) is 6.78. The van der Waals surface area contributed by atoms with E-state index in [1.54, 1.807) is 6.92 Å². The molecule has 0 aliphatic carbocycles. The third-order valence-electron chi connectivity index (χ3n) is 4.56. The van der Waals surface area contributed by atoms with E-state index >= 15 is 0 Å². The topological polar surface area (TPSA) is 46.6 Å². The van der Waals surface area contributed by atoms with Crippen molar-refractivity contribution in [3.05, 3.63) is 35.9 Å². The lowest BCUT2D eigenvalue weighted by Crippen LogP contribution is -2.52. The van der Waals surface area contributed by atoms with E-state index < -0.39 is 0 Å². The van der Waals surface area contributed by atoms with E-state index in [2.05, 4.69) is 31.2 Å². The lowest BCUT2D eigenvalue weighted by Gasteiger charge is -2.43. The SMILES string of the molecule is CCC(c1ccccc1)C1CN(C(=O)CCOCCC(C)=O)C1. The standard InChI is InChI=1S/C19H27NO3/c1-3-18(16-7-5-4-6-8-16)17-13-20(14-17)19(22)10-12-23-11-9-15(2)21/h4-8,17-18H,3,9-14H2,1-2H3. The number of carbonyl (C=O) groups is 2. The Balaban J connectivity index is 1.69. The molecule has 0 N–H and O–H groups in total. The summed E-state index contributed by atoms with van der Waals surface area (Å²) in [5.74, 6) is 1.37. The maximum atomic E-state index is 12.1. The third-order valence-corrected chi connectivity index (χ3v) is 4.56. The lowest BCUT2D eigenvalue weighted by atomic mass is 9.79. The van der Waals surface area contributed by atoms with Gasteiger partial charge in [0, 0.05) is 25.4 Å². The minimum Gasteiger partial charge on any atom is -0.380 e. The molecule has 1 saturated heterocycles. The summed E-state index contributed by atoms with van der Waals surface area (Å²) in [6, 6.07) is 10.6. The van der Waals surface area contributed by atoms with E-state index in [-0.39, 0.29) is 11.7 Å². The van der Waals surface area contributed by atoms with Crippen molar-refractivity contribution in [1.29, 1.82) is 0 Å². The van der Waals surface area contributed by atoms with E-state index in [4.69, 9.17) is 4.74 Å². The van der Waals surface area contributed by atoms with Crippen molar-refractivity contribution in [1.82, 2.24) is 4.90 Å². The van der Waals surface area contributed by atoms with E-state index in [0.29, 0.717) is 37.9 Å². The Hall–Kier alpha value is -1.68. The fourth-order valence-corrected chi connectivity index (χ4v) is 3.15. The molecule has 126 valence electrons. The van der Waals surface area contributed by atoms with Crippen molar-refractivity contribution in [3.8, 4) is 0 Å². The summed E-state index contributed by atoms with van der Waals surface area (Å²) in [5, 5.41) is 0. The van der Waals surface area contributed by atoms with Gasteiger partial charge in [0.25, 0.3) is 0 Å². The summed E-state index contributed by atoms with van der Waals surface area (Å²) in [4.78, 5) is 24.8. The Morgan fingerprint density at radius 2 is 1.83 bits per heavy atom. The number of hydrogen-bond acceptors (Lipinski definition) is 3. The first kappa shape index (κ1) is 17.7. The Labute approximate surface area is 138 Å². The molecule has 23 heavy (non-hydrogen) atoms. The van der Waals surface area contributed by atoms with Crippen LogP contribution in [0.25, 0.3) is 0 Å². The second-order valence-corrected chi connectivity index (χ2v) is 6.30. The van der Waals surface area contributed by atoms with Crippen LogP contribution in [-0.2, 0) is 14.3 Å². The van der Waals surface area contributed by atoms with Crippen LogP contribution in [0.4, 0.5) is 0 Å². The molecule has 0 spiro atoms. The van der Waals surface area contributed by atoms with Crippen LogP contribution in [0.5, 0.6) is 0 Å². The van der Waals surface area contributed by atoms with Crippen LogP contribution in [0.1, 0.15) is 44.6 Å². The first-order chi connectivity index (χ1) is 11.1. The number of nitrogens with zero attached hydrogens (tertiary/aromatic N) is 1. The highest BCUT2D eigenvalue weighted by Gasteiger charge is 2.35. The van der Waals surface area contributed by atoms with Crippen LogP contribution in [0.2, 0.25) is 0 Å². The predicted molar refractivity (Wildman–Crippen MR) is 90.3 cm³/mol. The fraction of sp³-hybridized carbons (Fsp3) is 0.579. The number of hydrogen-bond donors (Lipinski definition) is 0. The van der Waals surface area contributed by atoms with Crippen molar-refractivity contribution in [2.45, 2.75) is 39.0 Å². The van der Waals surface area contributed by atoms with Gasteiger partial charge in [-0.2, -0.15) is 0 Å². The highest BCUT2D eigenvalue weighted by molar-refractivity contribution is 5.77. The van der Waals surface area contributed by atoms with E-state index in [1.807, 2.05) is 11.0 Å². The molecule has 2 rings (SSSR count). The summed E-state index contributed by atoms with van der Waals surface area (Å²) >= 11 is 0. The molecule has 1 aliphatic heterocycles. The average molecular weight is 317 g/mol. The quantitative estimate of drug-likeness (QED) is 0.658. The van der Waals surface area contributed by atoms with Crippen molar-refractivity contribution in [2.24, 2.45) is 5.92 Å². The first-order valence-electron chi connectivity index (χ1n) is 8.51. The van der Waals surface area contributed by atoms with Gasteiger partial charge in [0.05, 0.1) is 19.6 Å². The second kappa shape index (κ2) is 8.82. The van der Waals surface area contributed by atoms with Crippen molar-refractivity contribution >= 4 is 11.7 Å². The molecule has 1 amide bonds. The molecule has 0 radical (unpaired) electrons. The predicted octanol–water partition coefficient (Wildman–Crippen LogP) is 3.02. The number of benzene rings is 1. The number of Topliss-reactive ketones (excluding diaryl/α,β-unsaturated/α-hetero) is 1. The maximum Gasteiger partial charge on any atom is 0.224 e. The van der Waals surface area contributed by atoms with Gasteiger partial charge in [-0.3, -0.25) is 9.59 Å². The van der Waals surface area contributed by atoms with E-state index in [1.165, 1.54) is 5.56 Å². The highest BCUT2D eigenvalue weighted by atomic mass is 16.5. The molecular weight excluding hydrogens is 290 g/mol. The van der Waals surface area contributed by atoms with Gasteiger partial charge in [0.1, 0.15) is 5.78 Å². The molecule has 1 heterocycles. The number of likely N-dealkylation sites (tertiary alicyclic amines) is 1. The van der Waals surface area contributed by atoms with Crippen LogP contribution in [0.3, 0.4) is 0 Å². The molecule has 0 bridgehead atoms. The van der Waals surface area contributed by atoms with Crippen LogP contribution >= 0.6 is 0 Å². The number of ketones is 1. The summed E-state index contributed by atoms with van der Waals surface area (Å²) < 4.78 is 5.33. The Bertz CT molecular complexity index is 509. The second-order valence-electron chi connectivity index (χ2n) is 6.30. The first-order valence-corrected chi connectivity index (χ1v) is 8.51. The number of amides is 1. The van der Waals surface area contributed by atoms with Gasteiger partial charge in [-0.1, -0.05) is 37.3 Å². The van der Waals surface area contributed by atoms with E-state index in [9.17, 15) is 9.59 Å². The Morgan fingerprint density at radius 3 is 2.43 bits per heavy atom. The zero-order chi connectivity index (χ0) is 16.7. The molecule has 1 aromatic carbocycles. The Morgan fingerprint density at radius 1 is 1.17 bits per heavy atom. The van der Waals surface area contributed by atoms with Gasteiger partial charge in [0.2, 0.25) is 5.91 Å². The van der Waals surface area contributed by atoms with Gasteiger partial charge >= 0.3 is 0 Å². The zero-order valence-corrected chi connectivity index (χ0v) is 14.2. The lowest BCUT2D eigenvalue weighted by molar-refractivity contribution is -0.139. The molecule has 1 aromatic rings. The molecule has 1 atom stereocenters. The van der Waals surface area contributed by atoms with Gasteiger partial charge in [-0.25, -0.2) is 0 Å².